The minimum atomic E-state index is -0.332. The average Bonchev–Trinajstić information content (AvgIpc) is 2.54. The third kappa shape index (κ3) is 2.85. The molecular formula is C18H15ClN2O2. The highest BCUT2D eigenvalue weighted by Gasteiger charge is 2.15. The van der Waals surface area contributed by atoms with Crippen LogP contribution < -0.4 is 5.56 Å². The third-order valence-electron chi connectivity index (χ3n) is 3.80. The summed E-state index contributed by atoms with van der Waals surface area (Å²) in [4.78, 5) is 12.4. The Kier molecular flexibility index (Phi) is 3.92. The van der Waals surface area contributed by atoms with Crippen molar-refractivity contribution in [1.82, 2.24) is 9.78 Å². The summed E-state index contributed by atoms with van der Waals surface area (Å²) < 4.78 is 1.21. The third-order valence-corrected chi connectivity index (χ3v) is 4.05. The van der Waals surface area contributed by atoms with E-state index in [4.69, 9.17) is 11.6 Å². The largest absolute Gasteiger partial charge is 0.505 e. The van der Waals surface area contributed by atoms with Crippen molar-refractivity contribution < 1.29 is 5.11 Å². The van der Waals surface area contributed by atoms with Crippen LogP contribution in [0, 0.1) is 6.92 Å². The number of aromatic hydroxyl groups is 1. The van der Waals surface area contributed by atoms with Gasteiger partial charge in [-0.25, -0.2) is 4.68 Å². The van der Waals surface area contributed by atoms with E-state index in [0.717, 1.165) is 16.7 Å². The molecule has 0 aliphatic rings. The molecule has 0 aliphatic carbocycles. The lowest BCUT2D eigenvalue weighted by Gasteiger charge is -2.11. The summed E-state index contributed by atoms with van der Waals surface area (Å²) in [5, 5.41) is 14.6. The van der Waals surface area contributed by atoms with Gasteiger partial charge in [0.15, 0.2) is 0 Å². The number of aryl methyl sites for hydroxylation is 2. The molecule has 2 aromatic carbocycles. The molecule has 0 atom stereocenters. The molecule has 0 saturated heterocycles. The molecule has 116 valence electrons. The van der Waals surface area contributed by atoms with Crippen LogP contribution in [0.2, 0.25) is 5.02 Å². The van der Waals surface area contributed by atoms with E-state index in [0.29, 0.717) is 10.6 Å². The summed E-state index contributed by atoms with van der Waals surface area (Å²) in [6.07, 6.45) is 1.28. The summed E-state index contributed by atoms with van der Waals surface area (Å²) in [5.41, 5.74) is 3.46. The lowest BCUT2D eigenvalue weighted by atomic mass is 9.96. The van der Waals surface area contributed by atoms with Gasteiger partial charge >= 0.3 is 0 Å². The van der Waals surface area contributed by atoms with Crippen molar-refractivity contribution in [2.45, 2.75) is 6.92 Å². The molecule has 1 N–H and O–H groups in total. The van der Waals surface area contributed by atoms with Crippen molar-refractivity contribution in [3.8, 4) is 28.0 Å². The number of nitrogens with zero attached hydrogens (tertiary/aromatic N) is 2. The smallest absolute Gasteiger partial charge is 0.278 e. The maximum Gasteiger partial charge on any atom is 0.278 e. The van der Waals surface area contributed by atoms with Gasteiger partial charge in [-0.1, -0.05) is 35.9 Å². The molecule has 5 heteroatoms. The van der Waals surface area contributed by atoms with E-state index < -0.39 is 0 Å². The van der Waals surface area contributed by atoms with E-state index in [-0.39, 0.29) is 16.9 Å². The van der Waals surface area contributed by atoms with Gasteiger partial charge in [0.05, 0.1) is 11.8 Å². The molecule has 0 radical (unpaired) electrons. The Morgan fingerprint density at radius 3 is 2.43 bits per heavy atom. The zero-order chi connectivity index (χ0) is 16.6. The average molecular weight is 327 g/mol. The summed E-state index contributed by atoms with van der Waals surface area (Å²) in [6.45, 7) is 1.90. The lowest BCUT2D eigenvalue weighted by Crippen LogP contribution is -2.21. The van der Waals surface area contributed by atoms with Crippen molar-refractivity contribution >= 4 is 11.6 Å². The standard InChI is InChI=1S/C18H15ClN2O2/c1-11-3-4-13(12-5-7-14(19)8-6-12)9-15(11)17-16(22)10-20-21(2)18(17)23/h3-10,22H,1-2H3. The number of hydrogen-bond donors (Lipinski definition) is 1. The summed E-state index contributed by atoms with van der Waals surface area (Å²) >= 11 is 5.93. The molecule has 3 aromatic rings. The Morgan fingerprint density at radius 1 is 1.09 bits per heavy atom. The second kappa shape index (κ2) is 5.89. The van der Waals surface area contributed by atoms with Gasteiger partial charge in [-0.05, 0) is 47.4 Å². The molecule has 4 nitrogen and oxygen atoms in total. The molecule has 3 rings (SSSR count). The summed E-state index contributed by atoms with van der Waals surface area (Å²) in [6, 6.07) is 13.3. The van der Waals surface area contributed by atoms with Crippen molar-refractivity contribution in [1.29, 1.82) is 0 Å². The first-order chi connectivity index (χ1) is 11.0. The first-order valence-corrected chi connectivity index (χ1v) is 7.47. The van der Waals surface area contributed by atoms with Crippen LogP contribution in [-0.4, -0.2) is 14.9 Å². The Balaban J connectivity index is 2.22. The fraction of sp³-hybridized carbons (Fsp3) is 0.111. The highest BCUT2D eigenvalue weighted by molar-refractivity contribution is 6.30. The van der Waals surface area contributed by atoms with Crippen LogP contribution in [0.3, 0.4) is 0 Å². The number of rotatable bonds is 2. The van der Waals surface area contributed by atoms with Gasteiger partial charge in [-0.3, -0.25) is 4.79 Å². The van der Waals surface area contributed by atoms with Gasteiger partial charge in [0, 0.05) is 12.1 Å². The molecule has 23 heavy (non-hydrogen) atoms. The van der Waals surface area contributed by atoms with Gasteiger partial charge in [0.1, 0.15) is 5.75 Å². The maximum absolute atomic E-state index is 12.4. The van der Waals surface area contributed by atoms with Gasteiger partial charge in [0.2, 0.25) is 0 Å². The van der Waals surface area contributed by atoms with E-state index in [9.17, 15) is 9.90 Å². The molecule has 0 amide bonds. The van der Waals surface area contributed by atoms with Crippen molar-refractivity contribution in [2.24, 2.45) is 7.05 Å². The summed E-state index contributed by atoms with van der Waals surface area (Å²) in [7, 11) is 1.56. The monoisotopic (exact) mass is 326 g/mol. The molecule has 1 aromatic heterocycles. The Labute approximate surface area is 138 Å². The predicted molar refractivity (Wildman–Crippen MR) is 91.8 cm³/mol. The Morgan fingerprint density at radius 2 is 1.74 bits per heavy atom. The van der Waals surface area contributed by atoms with Gasteiger partial charge in [-0.2, -0.15) is 5.10 Å². The van der Waals surface area contributed by atoms with Gasteiger partial charge < -0.3 is 5.11 Å². The molecule has 0 fully saturated rings. The number of hydrogen-bond acceptors (Lipinski definition) is 3. The second-order valence-corrected chi connectivity index (χ2v) is 5.81. The zero-order valence-electron chi connectivity index (χ0n) is 12.7. The molecule has 1 heterocycles. The maximum atomic E-state index is 12.4. The van der Waals surface area contributed by atoms with Crippen molar-refractivity contribution in [2.75, 3.05) is 0 Å². The molecular weight excluding hydrogens is 312 g/mol. The van der Waals surface area contributed by atoms with Gasteiger partial charge in [-0.15, -0.1) is 0 Å². The number of halogens is 1. The van der Waals surface area contributed by atoms with E-state index in [2.05, 4.69) is 5.10 Å². The van der Waals surface area contributed by atoms with Crippen LogP contribution in [0.1, 0.15) is 5.56 Å². The Bertz CT molecular complexity index is 931. The molecule has 0 unspecified atom stereocenters. The minimum Gasteiger partial charge on any atom is -0.505 e. The molecule has 0 spiro atoms. The van der Waals surface area contributed by atoms with Crippen LogP contribution >= 0.6 is 11.6 Å². The summed E-state index contributed by atoms with van der Waals surface area (Å²) in [5.74, 6) is -0.121. The first kappa shape index (κ1) is 15.3. The van der Waals surface area contributed by atoms with Gasteiger partial charge in [0.25, 0.3) is 5.56 Å². The SMILES string of the molecule is Cc1ccc(-c2ccc(Cl)cc2)cc1-c1c(O)cnn(C)c1=O. The van der Waals surface area contributed by atoms with Crippen LogP contribution in [-0.2, 0) is 7.05 Å². The topological polar surface area (TPSA) is 55.1 Å². The second-order valence-electron chi connectivity index (χ2n) is 5.37. The number of benzene rings is 2. The molecule has 0 bridgehead atoms. The fourth-order valence-corrected chi connectivity index (χ4v) is 2.62. The Hall–Kier alpha value is -2.59. The van der Waals surface area contributed by atoms with Crippen LogP contribution in [0.5, 0.6) is 5.75 Å². The molecule has 0 saturated carbocycles. The predicted octanol–water partition coefficient (Wildman–Crippen LogP) is 3.78. The lowest BCUT2D eigenvalue weighted by molar-refractivity contribution is 0.467. The van der Waals surface area contributed by atoms with Crippen molar-refractivity contribution in [3.05, 3.63) is 69.6 Å². The van der Waals surface area contributed by atoms with E-state index >= 15 is 0 Å². The highest BCUT2D eigenvalue weighted by atomic mass is 35.5. The van der Waals surface area contributed by atoms with E-state index in [1.807, 2.05) is 49.4 Å². The minimum absolute atomic E-state index is 0.121. The highest BCUT2D eigenvalue weighted by Crippen LogP contribution is 2.32. The molecule has 0 aliphatic heterocycles. The fourth-order valence-electron chi connectivity index (χ4n) is 2.50. The quantitative estimate of drug-likeness (QED) is 0.779. The van der Waals surface area contributed by atoms with Crippen LogP contribution in [0.4, 0.5) is 0 Å². The zero-order valence-corrected chi connectivity index (χ0v) is 13.5. The van der Waals surface area contributed by atoms with Crippen LogP contribution in [0.25, 0.3) is 22.3 Å². The first-order valence-electron chi connectivity index (χ1n) is 7.09. The van der Waals surface area contributed by atoms with Crippen molar-refractivity contribution in [3.63, 3.8) is 0 Å². The van der Waals surface area contributed by atoms with Crippen LogP contribution in [0.15, 0.2) is 53.5 Å². The normalized spacial score (nSPS) is 10.7. The van der Waals surface area contributed by atoms with E-state index in [1.165, 1.54) is 10.9 Å². The number of aromatic nitrogens is 2. The van der Waals surface area contributed by atoms with E-state index in [1.54, 1.807) is 7.05 Å².